The Kier molecular flexibility index (Phi) is 5.90. The lowest BCUT2D eigenvalue weighted by molar-refractivity contribution is -0.274. The monoisotopic (exact) mass is 421 g/mol. The molecule has 0 aliphatic carbocycles. The van der Waals surface area contributed by atoms with Crippen LogP contribution in [-0.2, 0) is 18.5 Å². The number of aromatic nitrogens is 4. The highest BCUT2D eigenvalue weighted by atomic mass is 19.4. The maximum atomic E-state index is 12.4. The van der Waals surface area contributed by atoms with Gasteiger partial charge in [-0.15, -0.1) is 13.2 Å². The van der Waals surface area contributed by atoms with Crippen molar-refractivity contribution < 1.29 is 22.7 Å². The number of hydrogen-bond acceptors (Lipinski definition) is 6. The van der Waals surface area contributed by atoms with E-state index in [-0.39, 0.29) is 12.4 Å². The van der Waals surface area contributed by atoms with Crippen LogP contribution in [0.5, 0.6) is 5.75 Å². The first-order chi connectivity index (χ1) is 14.2. The van der Waals surface area contributed by atoms with E-state index < -0.39 is 12.1 Å². The number of halogens is 3. The Bertz CT molecular complexity index is 1130. The van der Waals surface area contributed by atoms with E-state index in [0.29, 0.717) is 22.5 Å². The molecule has 0 saturated heterocycles. The minimum Gasteiger partial charge on any atom is -0.406 e. The fourth-order valence-electron chi connectivity index (χ4n) is 2.70. The van der Waals surface area contributed by atoms with E-state index in [0.717, 1.165) is 14.9 Å². The Morgan fingerprint density at radius 2 is 1.90 bits per heavy atom. The molecule has 0 unspecified atom stereocenters. The normalized spacial score (nSPS) is 12.1. The van der Waals surface area contributed by atoms with E-state index in [9.17, 15) is 18.0 Å². The highest BCUT2D eigenvalue weighted by molar-refractivity contribution is 5.98. The van der Waals surface area contributed by atoms with Crippen molar-refractivity contribution in [3.63, 3.8) is 0 Å². The number of rotatable bonds is 6. The smallest absolute Gasteiger partial charge is 0.406 e. The highest BCUT2D eigenvalue weighted by Crippen LogP contribution is 2.24. The third-order valence-corrected chi connectivity index (χ3v) is 4.23. The summed E-state index contributed by atoms with van der Waals surface area (Å²) >= 11 is 0. The molecule has 0 saturated carbocycles. The van der Waals surface area contributed by atoms with Crippen molar-refractivity contribution in [2.24, 2.45) is 12.2 Å². The maximum absolute atomic E-state index is 12.4. The van der Waals surface area contributed by atoms with Crippen LogP contribution >= 0.6 is 0 Å². The quantitative estimate of drug-likeness (QED) is 0.451. The summed E-state index contributed by atoms with van der Waals surface area (Å²) in [6.07, 6.45) is -4.78. The molecule has 0 aliphatic heterocycles. The Morgan fingerprint density at radius 3 is 2.57 bits per heavy atom. The van der Waals surface area contributed by atoms with Crippen molar-refractivity contribution in [2.45, 2.75) is 26.8 Å². The third kappa shape index (κ3) is 4.85. The molecule has 1 heterocycles. The van der Waals surface area contributed by atoms with Crippen LogP contribution in [0.3, 0.4) is 0 Å². The minimum absolute atomic E-state index is 0.0150. The zero-order chi connectivity index (χ0) is 21.9. The van der Waals surface area contributed by atoms with Crippen molar-refractivity contribution in [1.82, 2.24) is 19.8 Å². The van der Waals surface area contributed by atoms with Gasteiger partial charge >= 0.3 is 12.1 Å². The Morgan fingerprint density at radius 1 is 1.17 bits per heavy atom. The first-order valence-electron chi connectivity index (χ1n) is 8.76. The van der Waals surface area contributed by atoms with Gasteiger partial charge < -0.3 is 9.57 Å². The number of aryl methyl sites for hydroxylation is 2. The molecule has 8 nitrogen and oxygen atoms in total. The molecule has 158 valence electrons. The standard InChI is InChI=1S/C19H18F3N5O3/c1-12-6-4-9-17(27-18(28)26(3)24-25-27)16(12)11-29-23-13(2)14-7-5-8-15(10-14)30-19(20,21)22/h4-10H,11H2,1-3H3. The zero-order valence-electron chi connectivity index (χ0n) is 16.3. The summed E-state index contributed by atoms with van der Waals surface area (Å²) in [4.78, 5) is 17.6. The van der Waals surface area contributed by atoms with Crippen LogP contribution < -0.4 is 10.4 Å². The van der Waals surface area contributed by atoms with E-state index in [1.165, 1.54) is 25.2 Å². The van der Waals surface area contributed by atoms with E-state index >= 15 is 0 Å². The molecule has 0 spiro atoms. The molecule has 0 fully saturated rings. The molecular formula is C19H18F3N5O3. The molecule has 30 heavy (non-hydrogen) atoms. The Labute approximate surface area is 169 Å². The summed E-state index contributed by atoms with van der Waals surface area (Å²) in [5.74, 6) is -0.349. The molecule has 0 N–H and O–H groups in total. The summed E-state index contributed by atoms with van der Waals surface area (Å²) in [5, 5.41) is 11.5. The average molecular weight is 421 g/mol. The predicted molar refractivity (Wildman–Crippen MR) is 101 cm³/mol. The maximum Gasteiger partial charge on any atom is 0.573 e. The second-order valence-electron chi connectivity index (χ2n) is 6.40. The van der Waals surface area contributed by atoms with Gasteiger partial charge in [0.15, 0.2) is 0 Å². The summed E-state index contributed by atoms with van der Waals surface area (Å²) in [6, 6.07) is 10.8. The van der Waals surface area contributed by atoms with Gasteiger partial charge in [0.1, 0.15) is 12.4 Å². The van der Waals surface area contributed by atoms with Gasteiger partial charge in [0.2, 0.25) is 0 Å². The molecule has 2 aromatic carbocycles. The van der Waals surface area contributed by atoms with Crippen molar-refractivity contribution in [3.8, 4) is 11.4 Å². The number of oxime groups is 1. The van der Waals surface area contributed by atoms with Crippen LogP contribution in [-0.4, -0.2) is 31.9 Å². The van der Waals surface area contributed by atoms with Crippen LogP contribution in [0.2, 0.25) is 0 Å². The molecular weight excluding hydrogens is 403 g/mol. The molecule has 0 aliphatic rings. The molecule has 0 atom stereocenters. The van der Waals surface area contributed by atoms with Crippen LogP contribution in [0.15, 0.2) is 52.4 Å². The van der Waals surface area contributed by atoms with Crippen LogP contribution in [0.4, 0.5) is 13.2 Å². The molecule has 3 aromatic rings. The number of ether oxygens (including phenoxy) is 1. The number of benzene rings is 2. The number of hydrogen-bond donors (Lipinski definition) is 0. The van der Waals surface area contributed by atoms with Crippen molar-refractivity contribution in [2.75, 3.05) is 0 Å². The average Bonchev–Trinajstić information content (AvgIpc) is 3.00. The summed E-state index contributed by atoms with van der Waals surface area (Å²) < 4.78 is 43.4. The first kappa shape index (κ1) is 21.1. The SMILES string of the molecule is CC(=NOCc1c(C)cccc1-n1nnn(C)c1=O)c1cccc(OC(F)(F)F)c1. The fraction of sp³-hybridized carbons (Fsp3) is 0.263. The zero-order valence-corrected chi connectivity index (χ0v) is 16.3. The molecule has 0 amide bonds. The van der Waals surface area contributed by atoms with Gasteiger partial charge in [-0.3, -0.25) is 0 Å². The Hall–Kier alpha value is -3.63. The second-order valence-corrected chi connectivity index (χ2v) is 6.40. The second kappa shape index (κ2) is 8.39. The van der Waals surface area contributed by atoms with Gasteiger partial charge in [-0.1, -0.05) is 29.4 Å². The van der Waals surface area contributed by atoms with E-state index in [2.05, 4.69) is 20.3 Å². The lowest BCUT2D eigenvalue weighted by Crippen LogP contribution is -2.23. The number of nitrogens with zero attached hydrogens (tertiary/aromatic N) is 5. The van der Waals surface area contributed by atoms with Gasteiger partial charge in [-0.2, -0.15) is 9.36 Å². The lowest BCUT2D eigenvalue weighted by Gasteiger charge is -2.11. The van der Waals surface area contributed by atoms with Crippen molar-refractivity contribution >= 4 is 5.71 Å². The summed E-state index contributed by atoms with van der Waals surface area (Å²) in [6.45, 7) is 3.46. The minimum atomic E-state index is -4.78. The van der Waals surface area contributed by atoms with E-state index in [1.807, 2.05) is 13.0 Å². The topological polar surface area (TPSA) is 83.5 Å². The van der Waals surface area contributed by atoms with E-state index in [1.54, 1.807) is 25.1 Å². The Balaban J connectivity index is 1.80. The highest BCUT2D eigenvalue weighted by Gasteiger charge is 2.31. The number of alkyl halides is 3. The van der Waals surface area contributed by atoms with Gasteiger partial charge in [-0.25, -0.2) is 4.79 Å². The fourth-order valence-corrected chi connectivity index (χ4v) is 2.70. The van der Waals surface area contributed by atoms with E-state index in [4.69, 9.17) is 4.84 Å². The molecule has 3 rings (SSSR count). The third-order valence-electron chi connectivity index (χ3n) is 4.23. The molecule has 0 bridgehead atoms. The van der Waals surface area contributed by atoms with Crippen LogP contribution in [0, 0.1) is 6.92 Å². The van der Waals surface area contributed by atoms with Gasteiger partial charge in [-0.05, 0) is 48.0 Å². The van der Waals surface area contributed by atoms with Gasteiger partial charge in [0.25, 0.3) is 0 Å². The number of tetrazole rings is 1. The van der Waals surface area contributed by atoms with Crippen molar-refractivity contribution in [1.29, 1.82) is 0 Å². The molecule has 1 aromatic heterocycles. The lowest BCUT2D eigenvalue weighted by atomic mass is 10.1. The largest absolute Gasteiger partial charge is 0.573 e. The first-order valence-corrected chi connectivity index (χ1v) is 8.76. The van der Waals surface area contributed by atoms with Gasteiger partial charge in [0.05, 0.1) is 11.4 Å². The summed E-state index contributed by atoms with van der Waals surface area (Å²) in [5.41, 5.74) is 2.37. The van der Waals surface area contributed by atoms with Gasteiger partial charge in [0, 0.05) is 18.2 Å². The summed E-state index contributed by atoms with van der Waals surface area (Å²) in [7, 11) is 1.49. The predicted octanol–water partition coefficient (Wildman–Crippen LogP) is 3.11. The van der Waals surface area contributed by atoms with Crippen LogP contribution in [0.25, 0.3) is 5.69 Å². The molecule has 11 heteroatoms. The van der Waals surface area contributed by atoms with Crippen LogP contribution in [0.1, 0.15) is 23.6 Å². The molecule has 0 radical (unpaired) electrons. The van der Waals surface area contributed by atoms with Crippen molar-refractivity contribution in [3.05, 3.63) is 69.6 Å².